The average Bonchev–Trinajstić information content (AvgIpc) is 2.38. The molecule has 1 unspecified atom stereocenters. The first-order valence-corrected chi connectivity index (χ1v) is 6.91. The summed E-state index contributed by atoms with van der Waals surface area (Å²) in [5.41, 5.74) is 0.924. The minimum Gasteiger partial charge on any atom is -0.367 e. The smallest absolute Gasteiger partial charge is 0.152 e. The highest BCUT2D eigenvalue weighted by Gasteiger charge is 2.23. The number of hydrogen-bond acceptors (Lipinski definition) is 3. The molecule has 2 nitrogen and oxygen atoms in total. The van der Waals surface area contributed by atoms with Crippen LogP contribution in [0.15, 0.2) is 18.2 Å². The van der Waals surface area contributed by atoms with Crippen molar-refractivity contribution >= 4 is 23.7 Å². The van der Waals surface area contributed by atoms with Crippen molar-refractivity contribution in [2.45, 2.75) is 18.6 Å². The molecule has 1 aliphatic heterocycles. The maximum Gasteiger partial charge on any atom is 0.152 e. The van der Waals surface area contributed by atoms with Crippen molar-refractivity contribution in [3.63, 3.8) is 0 Å². The van der Waals surface area contributed by atoms with Crippen molar-refractivity contribution in [3.8, 4) is 0 Å². The first kappa shape index (κ1) is 12.4. The van der Waals surface area contributed by atoms with Gasteiger partial charge < -0.3 is 4.90 Å². The molecule has 0 N–H and O–H groups in total. The zero-order valence-corrected chi connectivity index (χ0v) is 10.7. The van der Waals surface area contributed by atoms with E-state index in [1.54, 1.807) is 12.1 Å². The number of carbonyl (C=O) groups is 1. The number of nitrogens with zero attached hydrogens (tertiary/aromatic N) is 1. The minimum absolute atomic E-state index is 0.295. The Kier molecular flexibility index (Phi) is 4.05. The monoisotopic (exact) mass is 253 g/mol. The van der Waals surface area contributed by atoms with Crippen LogP contribution in [0.25, 0.3) is 0 Å². The second-order valence-corrected chi connectivity index (χ2v) is 5.55. The van der Waals surface area contributed by atoms with Gasteiger partial charge in [-0.3, -0.25) is 4.79 Å². The number of hydrogen-bond donors (Lipinski definition) is 0. The van der Waals surface area contributed by atoms with E-state index >= 15 is 0 Å². The molecule has 1 aromatic carbocycles. The predicted molar refractivity (Wildman–Crippen MR) is 70.5 cm³/mol. The van der Waals surface area contributed by atoms with Gasteiger partial charge in [-0.2, -0.15) is 11.8 Å². The molecular weight excluding hydrogens is 237 g/mol. The summed E-state index contributed by atoms with van der Waals surface area (Å²) in [6.45, 7) is 3.77. The van der Waals surface area contributed by atoms with E-state index in [0.29, 0.717) is 16.5 Å². The highest BCUT2D eigenvalue weighted by Crippen LogP contribution is 2.29. The molecule has 17 heavy (non-hydrogen) atoms. The summed E-state index contributed by atoms with van der Waals surface area (Å²) in [5.74, 6) is 0.696. The van der Waals surface area contributed by atoms with Crippen LogP contribution in [0.5, 0.6) is 0 Å². The number of para-hydroxylation sites is 1. The molecule has 1 atom stereocenters. The van der Waals surface area contributed by atoms with E-state index in [2.05, 4.69) is 6.92 Å². The molecule has 1 aliphatic rings. The van der Waals surface area contributed by atoms with Gasteiger partial charge in [0.1, 0.15) is 5.82 Å². The number of rotatable bonds is 3. The highest BCUT2D eigenvalue weighted by atomic mass is 32.2. The quantitative estimate of drug-likeness (QED) is 0.772. The molecule has 4 heteroatoms. The van der Waals surface area contributed by atoms with E-state index in [9.17, 15) is 9.18 Å². The fourth-order valence-electron chi connectivity index (χ4n) is 2.13. The Bertz CT molecular complexity index is 410. The summed E-state index contributed by atoms with van der Waals surface area (Å²) >= 11 is 1.93. The first-order chi connectivity index (χ1) is 8.26. The summed E-state index contributed by atoms with van der Waals surface area (Å²) in [4.78, 5) is 13.0. The summed E-state index contributed by atoms with van der Waals surface area (Å²) < 4.78 is 13.8. The minimum atomic E-state index is -0.295. The summed E-state index contributed by atoms with van der Waals surface area (Å²) in [7, 11) is 0. The van der Waals surface area contributed by atoms with Gasteiger partial charge in [-0.05, 0) is 18.6 Å². The van der Waals surface area contributed by atoms with Crippen LogP contribution in [0.3, 0.4) is 0 Å². The fraction of sp³-hybridized carbons (Fsp3) is 0.462. The topological polar surface area (TPSA) is 20.3 Å². The molecule has 0 spiro atoms. The lowest BCUT2D eigenvalue weighted by Gasteiger charge is -2.34. The number of thioether (sulfide) groups is 1. The van der Waals surface area contributed by atoms with Crippen molar-refractivity contribution in [2.24, 2.45) is 0 Å². The first-order valence-electron chi connectivity index (χ1n) is 5.86. The Hall–Kier alpha value is -1.03. The van der Waals surface area contributed by atoms with E-state index in [4.69, 9.17) is 0 Å². The third-order valence-corrected chi connectivity index (χ3v) is 4.43. The number of benzene rings is 1. The molecule has 0 saturated carbocycles. The number of anilines is 1. The molecule has 0 radical (unpaired) electrons. The van der Waals surface area contributed by atoms with Gasteiger partial charge in [0.2, 0.25) is 0 Å². The lowest BCUT2D eigenvalue weighted by molar-refractivity contribution is 0.112. The molecule has 92 valence electrons. The molecule has 1 aromatic rings. The Morgan fingerprint density at radius 2 is 2.41 bits per heavy atom. The molecule has 1 saturated heterocycles. The van der Waals surface area contributed by atoms with Gasteiger partial charge in [0.25, 0.3) is 0 Å². The van der Waals surface area contributed by atoms with Gasteiger partial charge in [0.15, 0.2) is 6.29 Å². The van der Waals surface area contributed by atoms with E-state index in [-0.39, 0.29) is 5.82 Å². The van der Waals surface area contributed by atoms with E-state index in [1.165, 1.54) is 6.07 Å². The Morgan fingerprint density at radius 1 is 1.59 bits per heavy atom. The Labute approximate surface area is 105 Å². The van der Waals surface area contributed by atoms with E-state index < -0.39 is 0 Å². The zero-order chi connectivity index (χ0) is 12.3. The van der Waals surface area contributed by atoms with Gasteiger partial charge in [-0.15, -0.1) is 0 Å². The maximum atomic E-state index is 13.8. The summed E-state index contributed by atoms with van der Waals surface area (Å²) in [6.07, 6.45) is 1.81. The number of halogens is 1. The maximum absolute atomic E-state index is 13.8. The number of carbonyl (C=O) groups excluding carboxylic acids is 1. The molecule has 1 fully saturated rings. The van der Waals surface area contributed by atoms with Crippen molar-refractivity contribution in [3.05, 3.63) is 29.6 Å². The van der Waals surface area contributed by atoms with Gasteiger partial charge in [0, 0.05) is 29.7 Å². The molecular formula is C13H16FNOS. The molecule has 1 heterocycles. The third-order valence-electron chi connectivity index (χ3n) is 3.06. The van der Waals surface area contributed by atoms with E-state index in [0.717, 1.165) is 31.5 Å². The van der Waals surface area contributed by atoms with Crippen molar-refractivity contribution in [2.75, 3.05) is 23.7 Å². The van der Waals surface area contributed by atoms with Crippen LogP contribution >= 0.6 is 11.8 Å². The third kappa shape index (κ3) is 2.63. The van der Waals surface area contributed by atoms with Gasteiger partial charge in [-0.1, -0.05) is 13.0 Å². The van der Waals surface area contributed by atoms with E-state index in [1.807, 2.05) is 16.7 Å². The fourth-order valence-corrected chi connectivity index (χ4v) is 3.31. The number of aldehydes is 1. The van der Waals surface area contributed by atoms with Crippen LogP contribution < -0.4 is 4.90 Å². The Morgan fingerprint density at radius 3 is 3.12 bits per heavy atom. The second-order valence-electron chi connectivity index (χ2n) is 4.14. The SMILES string of the molecule is CCC1CN(c2c(F)cccc2C=O)CCS1. The van der Waals surface area contributed by atoms with Crippen molar-refractivity contribution < 1.29 is 9.18 Å². The van der Waals surface area contributed by atoms with Crippen LogP contribution in [0, 0.1) is 5.82 Å². The second kappa shape index (κ2) is 5.54. The van der Waals surface area contributed by atoms with Crippen molar-refractivity contribution in [1.82, 2.24) is 0 Å². The lowest BCUT2D eigenvalue weighted by Crippen LogP contribution is -2.38. The molecule has 0 bridgehead atoms. The zero-order valence-electron chi connectivity index (χ0n) is 9.86. The normalized spacial score (nSPS) is 20.4. The predicted octanol–water partition coefficient (Wildman–Crippen LogP) is 2.97. The molecule has 0 aromatic heterocycles. The van der Waals surface area contributed by atoms with Crippen LogP contribution in [0.4, 0.5) is 10.1 Å². The lowest BCUT2D eigenvalue weighted by atomic mass is 10.1. The largest absolute Gasteiger partial charge is 0.367 e. The molecule has 0 aliphatic carbocycles. The van der Waals surface area contributed by atoms with Gasteiger partial charge in [-0.25, -0.2) is 4.39 Å². The Balaban J connectivity index is 2.29. The van der Waals surface area contributed by atoms with Gasteiger partial charge >= 0.3 is 0 Å². The van der Waals surface area contributed by atoms with Crippen molar-refractivity contribution in [1.29, 1.82) is 0 Å². The summed E-state index contributed by atoms with van der Waals surface area (Å²) in [6, 6.07) is 4.68. The molecule has 0 amide bonds. The van der Waals surface area contributed by atoms with Crippen LogP contribution in [0.2, 0.25) is 0 Å². The summed E-state index contributed by atoms with van der Waals surface area (Å²) in [5, 5.41) is 0.530. The van der Waals surface area contributed by atoms with Crippen LogP contribution in [-0.4, -0.2) is 30.4 Å². The van der Waals surface area contributed by atoms with Gasteiger partial charge in [0.05, 0.1) is 5.69 Å². The standard InChI is InChI=1S/C13H16FNOS/c1-2-11-8-15(6-7-17-11)13-10(9-16)4-3-5-12(13)14/h3-5,9,11H,2,6-8H2,1H3. The van der Waals surface area contributed by atoms with Crippen LogP contribution in [0.1, 0.15) is 23.7 Å². The van der Waals surface area contributed by atoms with Crippen LogP contribution in [-0.2, 0) is 0 Å². The molecule has 2 rings (SSSR count). The highest BCUT2D eigenvalue weighted by molar-refractivity contribution is 8.00. The average molecular weight is 253 g/mol.